The zero-order valence-corrected chi connectivity index (χ0v) is 7.40. The van der Waals surface area contributed by atoms with Crippen molar-refractivity contribution in [1.29, 1.82) is 0 Å². The van der Waals surface area contributed by atoms with Gasteiger partial charge in [0.15, 0.2) is 0 Å². The fourth-order valence-electron chi connectivity index (χ4n) is 0.891. The van der Waals surface area contributed by atoms with Crippen LogP contribution in [-0.2, 0) is 4.79 Å². The molecule has 0 saturated carbocycles. The Morgan fingerprint density at radius 3 is 2.36 bits per heavy atom. The highest BCUT2D eigenvalue weighted by Gasteiger charge is 2.07. The number of carbonyl (C=O) groups excluding carboxylic acids is 1. The number of rotatable bonds is 3. The second kappa shape index (κ2) is 4.77. The molecule has 0 bridgehead atoms. The summed E-state index contributed by atoms with van der Waals surface area (Å²) in [6.07, 6.45) is 1.69. The SMILES string of the molecule is CCC/C(C(=O)NC)=C(\C)N. The standard InChI is InChI=1S/C8H16N2O/c1-4-5-7(6(2)9)8(11)10-3/h4-5,9H2,1-3H3,(H,10,11)/b7-6-. The Morgan fingerprint density at radius 1 is 1.55 bits per heavy atom. The van der Waals surface area contributed by atoms with E-state index in [0.717, 1.165) is 12.8 Å². The van der Waals surface area contributed by atoms with Gasteiger partial charge in [-0.25, -0.2) is 0 Å². The summed E-state index contributed by atoms with van der Waals surface area (Å²) in [5.74, 6) is -0.0631. The van der Waals surface area contributed by atoms with Gasteiger partial charge in [0, 0.05) is 18.3 Å². The summed E-state index contributed by atoms with van der Waals surface area (Å²) in [7, 11) is 1.61. The molecule has 0 aliphatic heterocycles. The third kappa shape index (κ3) is 3.07. The Balaban J connectivity index is 4.36. The zero-order chi connectivity index (χ0) is 8.85. The van der Waals surface area contributed by atoms with Gasteiger partial charge in [-0.3, -0.25) is 4.79 Å². The van der Waals surface area contributed by atoms with Crippen LogP contribution < -0.4 is 11.1 Å². The van der Waals surface area contributed by atoms with Crippen molar-refractivity contribution in [2.45, 2.75) is 26.7 Å². The first-order chi connectivity index (χ1) is 5.13. The molecule has 0 atom stereocenters. The number of hydrogen-bond acceptors (Lipinski definition) is 2. The van der Waals surface area contributed by atoms with Crippen LogP contribution >= 0.6 is 0 Å². The smallest absolute Gasteiger partial charge is 0.248 e. The van der Waals surface area contributed by atoms with E-state index in [1.807, 2.05) is 6.92 Å². The number of allylic oxidation sites excluding steroid dienone is 1. The predicted molar refractivity (Wildman–Crippen MR) is 45.9 cm³/mol. The molecule has 0 aromatic carbocycles. The first kappa shape index (κ1) is 10.0. The largest absolute Gasteiger partial charge is 0.402 e. The fourth-order valence-corrected chi connectivity index (χ4v) is 0.891. The molecule has 0 aromatic heterocycles. The van der Waals surface area contributed by atoms with Gasteiger partial charge in [-0.15, -0.1) is 0 Å². The van der Waals surface area contributed by atoms with Crippen LogP contribution in [0.2, 0.25) is 0 Å². The first-order valence-electron chi connectivity index (χ1n) is 3.80. The Morgan fingerprint density at radius 2 is 2.09 bits per heavy atom. The lowest BCUT2D eigenvalue weighted by molar-refractivity contribution is -0.117. The average Bonchev–Trinajstić information content (AvgIpc) is 1.98. The van der Waals surface area contributed by atoms with Crippen molar-refractivity contribution in [3.8, 4) is 0 Å². The Kier molecular flexibility index (Phi) is 4.34. The molecule has 0 aliphatic carbocycles. The molecule has 1 amide bonds. The summed E-state index contributed by atoms with van der Waals surface area (Å²) >= 11 is 0. The molecule has 11 heavy (non-hydrogen) atoms. The molecule has 0 heterocycles. The first-order valence-corrected chi connectivity index (χ1v) is 3.80. The third-order valence-corrected chi connectivity index (χ3v) is 1.48. The maximum Gasteiger partial charge on any atom is 0.248 e. The third-order valence-electron chi connectivity index (χ3n) is 1.48. The van der Waals surface area contributed by atoms with Gasteiger partial charge >= 0.3 is 0 Å². The van der Waals surface area contributed by atoms with Crippen LogP contribution in [-0.4, -0.2) is 13.0 Å². The van der Waals surface area contributed by atoms with Crippen LogP contribution in [0, 0.1) is 0 Å². The minimum Gasteiger partial charge on any atom is -0.402 e. The fraction of sp³-hybridized carbons (Fsp3) is 0.625. The minimum atomic E-state index is -0.0631. The Labute approximate surface area is 67.7 Å². The quantitative estimate of drug-likeness (QED) is 0.593. The van der Waals surface area contributed by atoms with E-state index in [9.17, 15) is 4.79 Å². The number of carbonyl (C=O) groups is 1. The molecule has 0 radical (unpaired) electrons. The van der Waals surface area contributed by atoms with E-state index < -0.39 is 0 Å². The highest BCUT2D eigenvalue weighted by atomic mass is 16.1. The van der Waals surface area contributed by atoms with E-state index in [1.54, 1.807) is 14.0 Å². The van der Waals surface area contributed by atoms with E-state index in [0.29, 0.717) is 11.3 Å². The van der Waals surface area contributed by atoms with Crippen molar-refractivity contribution in [3.05, 3.63) is 11.3 Å². The second-order valence-corrected chi connectivity index (χ2v) is 2.49. The normalized spacial score (nSPS) is 12.3. The van der Waals surface area contributed by atoms with E-state index in [-0.39, 0.29) is 5.91 Å². The summed E-state index contributed by atoms with van der Waals surface area (Å²) in [4.78, 5) is 11.1. The number of likely N-dealkylation sites (N-methyl/N-ethyl adjacent to an activating group) is 1. The van der Waals surface area contributed by atoms with Crippen molar-refractivity contribution >= 4 is 5.91 Å². The summed E-state index contributed by atoms with van der Waals surface area (Å²) in [5, 5.41) is 2.55. The number of nitrogens with two attached hydrogens (primary N) is 1. The number of nitrogens with one attached hydrogen (secondary N) is 1. The maximum atomic E-state index is 11.1. The number of hydrogen-bond donors (Lipinski definition) is 2. The van der Waals surface area contributed by atoms with Gasteiger partial charge < -0.3 is 11.1 Å². The number of amides is 1. The maximum absolute atomic E-state index is 11.1. The van der Waals surface area contributed by atoms with Crippen LogP contribution in [0.15, 0.2) is 11.3 Å². The van der Waals surface area contributed by atoms with Crippen molar-refractivity contribution < 1.29 is 4.79 Å². The zero-order valence-electron chi connectivity index (χ0n) is 7.40. The van der Waals surface area contributed by atoms with Crippen LogP contribution in [0.4, 0.5) is 0 Å². The Hall–Kier alpha value is -0.990. The molecule has 3 heteroatoms. The highest BCUT2D eigenvalue weighted by Crippen LogP contribution is 2.06. The van der Waals surface area contributed by atoms with Crippen LogP contribution in [0.3, 0.4) is 0 Å². The molecule has 0 aromatic rings. The van der Waals surface area contributed by atoms with Gasteiger partial charge in [0.1, 0.15) is 0 Å². The van der Waals surface area contributed by atoms with Gasteiger partial charge in [-0.1, -0.05) is 13.3 Å². The molecule has 0 saturated heterocycles. The topological polar surface area (TPSA) is 55.1 Å². The Bertz CT molecular complexity index is 169. The van der Waals surface area contributed by atoms with Crippen molar-refractivity contribution in [1.82, 2.24) is 5.32 Å². The predicted octanol–water partition coefficient (Wildman–Crippen LogP) is 0.765. The van der Waals surface area contributed by atoms with Crippen molar-refractivity contribution in [2.75, 3.05) is 7.05 Å². The van der Waals surface area contributed by atoms with Gasteiger partial charge in [0.25, 0.3) is 0 Å². The van der Waals surface area contributed by atoms with Gasteiger partial charge in [0.05, 0.1) is 0 Å². The molecular formula is C8H16N2O. The summed E-state index contributed by atoms with van der Waals surface area (Å²) in [5.41, 5.74) is 6.84. The molecule has 3 N–H and O–H groups in total. The van der Waals surface area contributed by atoms with Crippen LogP contribution in [0.5, 0.6) is 0 Å². The molecule has 0 aliphatic rings. The lowest BCUT2D eigenvalue weighted by Gasteiger charge is -2.05. The van der Waals surface area contributed by atoms with Crippen LogP contribution in [0.1, 0.15) is 26.7 Å². The second-order valence-electron chi connectivity index (χ2n) is 2.49. The van der Waals surface area contributed by atoms with Crippen molar-refractivity contribution in [2.24, 2.45) is 5.73 Å². The molecule has 64 valence electrons. The summed E-state index contributed by atoms with van der Waals surface area (Å²) < 4.78 is 0. The molecular weight excluding hydrogens is 140 g/mol. The molecule has 0 rings (SSSR count). The van der Waals surface area contributed by atoms with Gasteiger partial charge in [-0.2, -0.15) is 0 Å². The monoisotopic (exact) mass is 156 g/mol. The summed E-state index contributed by atoms with van der Waals surface area (Å²) in [6.45, 7) is 3.77. The van der Waals surface area contributed by atoms with E-state index >= 15 is 0 Å². The van der Waals surface area contributed by atoms with E-state index in [1.165, 1.54) is 0 Å². The van der Waals surface area contributed by atoms with E-state index in [2.05, 4.69) is 5.32 Å². The molecule has 0 unspecified atom stereocenters. The molecule has 3 nitrogen and oxygen atoms in total. The lowest BCUT2D eigenvalue weighted by atomic mass is 10.1. The summed E-state index contributed by atoms with van der Waals surface area (Å²) in [6, 6.07) is 0. The lowest BCUT2D eigenvalue weighted by Crippen LogP contribution is -2.22. The van der Waals surface area contributed by atoms with Crippen LogP contribution in [0.25, 0.3) is 0 Å². The molecule has 0 fully saturated rings. The molecule has 0 spiro atoms. The van der Waals surface area contributed by atoms with Crippen molar-refractivity contribution in [3.63, 3.8) is 0 Å². The minimum absolute atomic E-state index is 0.0631. The average molecular weight is 156 g/mol. The van der Waals surface area contributed by atoms with Gasteiger partial charge in [-0.05, 0) is 13.3 Å². The van der Waals surface area contributed by atoms with E-state index in [4.69, 9.17) is 5.73 Å². The van der Waals surface area contributed by atoms with Gasteiger partial charge in [0.2, 0.25) is 5.91 Å². The highest BCUT2D eigenvalue weighted by molar-refractivity contribution is 5.93.